The number of fused-ring (bicyclic) bond motifs is 5. The van der Waals surface area contributed by atoms with Crippen LogP contribution in [0.2, 0.25) is 0 Å². The van der Waals surface area contributed by atoms with Crippen LogP contribution in [0.4, 0.5) is 0 Å². The van der Waals surface area contributed by atoms with Gasteiger partial charge < -0.3 is 34.8 Å². The van der Waals surface area contributed by atoms with E-state index in [9.17, 15) is 20.1 Å². The van der Waals surface area contributed by atoms with Crippen molar-refractivity contribution in [3.05, 3.63) is 0 Å². The molecule has 0 radical (unpaired) electrons. The van der Waals surface area contributed by atoms with Gasteiger partial charge in [-0.3, -0.25) is 4.79 Å². The molecule has 206 valence electrons. The van der Waals surface area contributed by atoms with E-state index in [4.69, 9.17) is 14.2 Å². The largest absolute Gasteiger partial charge is 0.469 e. The minimum absolute atomic E-state index is 0.0313. The molecule has 0 spiro atoms. The van der Waals surface area contributed by atoms with Crippen LogP contribution in [0.15, 0.2) is 0 Å². The van der Waals surface area contributed by atoms with E-state index in [-0.39, 0.29) is 34.4 Å². The van der Waals surface area contributed by atoms with Crippen molar-refractivity contribution in [2.75, 3.05) is 14.2 Å². The van der Waals surface area contributed by atoms with E-state index >= 15 is 0 Å². The number of hydrogen-bond donors (Lipinski definition) is 4. The van der Waals surface area contributed by atoms with Gasteiger partial charge in [0, 0.05) is 5.54 Å². The molecular formula is C28H47NO7. The lowest BCUT2D eigenvalue weighted by Crippen LogP contribution is -2.67. The van der Waals surface area contributed by atoms with Gasteiger partial charge in [0.05, 0.1) is 25.2 Å². The van der Waals surface area contributed by atoms with Crippen LogP contribution < -0.4 is 5.32 Å². The number of carbonyl (C=O) groups excluding carboxylic acids is 1. The molecule has 13 atom stereocenters. The van der Waals surface area contributed by atoms with E-state index in [1.807, 2.05) is 0 Å². The second kappa shape index (κ2) is 9.45. The fourth-order valence-electron chi connectivity index (χ4n) is 9.78. The summed E-state index contributed by atoms with van der Waals surface area (Å²) in [6.07, 6.45) is 4.08. The lowest BCUT2D eigenvalue weighted by Gasteiger charge is -2.65. The van der Waals surface area contributed by atoms with Crippen molar-refractivity contribution in [2.45, 2.75) is 121 Å². The first kappa shape index (κ1) is 26.8. The molecule has 8 nitrogen and oxygen atoms in total. The Balaban J connectivity index is 1.31. The van der Waals surface area contributed by atoms with E-state index in [0.29, 0.717) is 17.8 Å². The van der Waals surface area contributed by atoms with Crippen molar-refractivity contribution in [3.63, 3.8) is 0 Å². The molecule has 1 aliphatic heterocycles. The van der Waals surface area contributed by atoms with Crippen molar-refractivity contribution in [2.24, 2.45) is 34.5 Å². The molecule has 1 heterocycles. The molecule has 2 unspecified atom stereocenters. The summed E-state index contributed by atoms with van der Waals surface area (Å²) in [4.78, 5) is 12.7. The predicted molar refractivity (Wildman–Crippen MR) is 133 cm³/mol. The van der Waals surface area contributed by atoms with Crippen molar-refractivity contribution < 1.29 is 34.3 Å². The number of rotatable bonds is 4. The maximum absolute atomic E-state index is 12.7. The van der Waals surface area contributed by atoms with Gasteiger partial charge in [-0.25, -0.2) is 0 Å². The van der Waals surface area contributed by atoms with Crippen LogP contribution in [0, 0.1) is 34.5 Å². The average Bonchev–Trinajstić information content (AvgIpc) is 3.18. The molecule has 5 aliphatic rings. The van der Waals surface area contributed by atoms with Crippen LogP contribution in [0.1, 0.15) is 78.6 Å². The van der Waals surface area contributed by atoms with Crippen LogP contribution in [0.5, 0.6) is 0 Å². The fraction of sp³-hybridized carbons (Fsp3) is 0.964. The Morgan fingerprint density at radius 1 is 0.944 bits per heavy atom. The van der Waals surface area contributed by atoms with Crippen molar-refractivity contribution >= 4 is 5.97 Å². The smallest absolute Gasteiger partial charge is 0.309 e. The lowest BCUT2D eigenvalue weighted by molar-refractivity contribution is -0.309. The summed E-state index contributed by atoms with van der Waals surface area (Å²) in [5.41, 5.74) is 0.0890. The van der Waals surface area contributed by atoms with Crippen molar-refractivity contribution in [3.8, 4) is 0 Å². The van der Waals surface area contributed by atoms with Gasteiger partial charge in [-0.1, -0.05) is 13.8 Å². The highest BCUT2D eigenvalue weighted by atomic mass is 16.7. The topological polar surface area (TPSA) is 117 Å². The number of aliphatic hydroxyl groups excluding tert-OH is 3. The van der Waals surface area contributed by atoms with Crippen LogP contribution in [-0.4, -0.2) is 77.8 Å². The first-order valence-electron chi connectivity index (χ1n) is 14.1. The summed E-state index contributed by atoms with van der Waals surface area (Å²) in [5, 5.41) is 34.4. The molecule has 8 heteroatoms. The molecule has 4 N–H and O–H groups in total. The Morgan fingerprint density at radius 3 is 2.39 bits per heavy atom. The highest BCUT2D eigenvalue weighted by Gasteiger charge is 2.68. The van der Waals surface area contributed by atoms with E-state index in [1.54, 1.807) is 6.92 Å². The number of ether oxygens (including phenoxy) is 3. The summed E-state index contributed by atoms with van der Waals surface area (Å²) < 4.78 is 17.2. The SMILES string of the molecule is CNC12CC[C@H](C(=O)OC)[C@@]1(C)CC[C@H]1[C@H]2CCC2C[C@@H](O[C@@H]3O[C@@H](C)[C@H](O)[C@@H](O)[C@H]3O)CC[C@@]21C. The van der Waals surface area contributed by atoms with Gasteiger partial charge >= 0.3 is 5.97 Å². The summed E-state index contributed by atoms with van der Waals surface area (Å²) >= 11 is 0. The average molecular weight is 510 g/mol. The third-order valence-corrected chi connectivity index (χ3v) is 11.9. The van der Waals surface area contributed by atoms with E-state index in [1.165, 1.54) is 7.11 Å². The number of aliphatic hydroxyl groups is 3. The molecule has 4 aliphatic carbocycles. The minimum Gasteiger partial charge on any atom is -0.469 e. The lowest BCUT2D eigenvalue weighted by atomic mass is 9.42. The second-order valence-corrected chi connectivity index (χ2v) is 13.0. The minimum atomic E-state index is -1.27. The summed E-state index contributed by atoms with van der Waals surface area (Å²) in [6.45, 7) is 6.50. The quantitative estimate of drug-likeness (QED) is 0.337. The van der Waals surface area contributed by atoms with E-state index in [2.05, 4.69) is 26.2 Å². The van der Waals surface area contributed by atoms with Crippen molar-refractivity contribution in [1.29, 1.82) is 0 Å². The Labute approximate surface area is 215 Å². The van der Waals surface area contributed by atoms with Crippen LogP contribution in [-0.2, 0) is 19.0 Å². The number of esters is 1. The standard InChI is InChI=1S/C28H47NO7/c1-15-21(30)22(31)23(32)25(35-15)36-17-8-11-26(2)16(14-17)6-7-19-18(26)9-12-27(3)20(24(33)34-5)10-13-28(19,27)29-4/h15-23,25,29-32H,6-14H2,1-5H3/t15-,16?,17-,18-,19+,20+,21-,22+,23+,25-,26-,27+,28?/m0/s1. The van der Waals surface area contributed by atoms with Crippen LogP contribution in [0.3, 0.4) is 0 Å². The third-order valence-electron chi connectivity index (χ3n) is 11.9. The Hall–Kier alpha value is -0.770. The van der Waals surface area contributed by atoms with Gasteiger partial charge in [-0.2, -0.15) is 0 Å². The molecule has 4 saturated carbocycles. The first-order valence-corrected chi connectivity index (χ1v) is 14.1. The predicted octanol–water partition coefficient (Wildman–Crippen LogP) is 2.37. The van der Waals surface area contributed by atoms with Gasteiger partial charge in [0.2, 0.25) is 0 Å². The van der Waals surface area contributed by atoms with Gasteiger partial charge in [-0.15, -0.1) is 0 Å². The zero-order valence-corrected chi connectivity index (χ0v) is 22.6. The number of methoxy groups -OCH3 is 1. The number of nitrogens with one attached hydrogen (secondary N) is 1. The third kappa shape index (κ3) is 3.73. The molecule has 1 saturated heterocycles. The van der Waals surface area contributed by atoms with Crippen LogP contribution in [0.25, 0.3) is 0 Å². The fourth-order valence-corrected chi connectivity index (χ4v) is 9.78. The molecule has 5 fully saturated rings. The van der Waals surface area contributed by atoms with Gasteiger partial charge in [-0.05, 0) is 100 Å². The first-order chi connectivity index (χ1) is 17.0. The van der Waals surface area contributed by atoms with E-state index in [0.717, 1.165) is 57.8 Å². The molecule has 0 amide bonds. The molecule has 5 rings (SSSR count). The van der Waals surface area contributed by atoms with Crippen LogP contribution >= 0.6 is 0 Å². The highest BCUT2D eigenvalue weighted by molar-refractivity contribution is 5.74. The number of hydrogen-bond acceptors (Lipinski definition) is 8. The maximum Gasteiger partial charge on any atom is 0.309 e. The summed E-state index contributed by atoms with van der Waals surface area (Å²) in [6, 6.07) is 0. The summed E-state index contributed by atoms with van der Waals surface area (Å²) in [5.74, 6) is 1.58. The molecule has 0 bridgehead atoms. The maximum atomic E-state index is 12.7. The van der Waals surface area contributed by atoms with Gasteiger partial charge in [0.15, 0.2) is 6.29 Å². The molecule has 0 aromatic carbocycles. The summed E-state index contributed by atoms with van der Waals surface area (Å²) in [7, 11) is 3.62. The Morgan fingerprint density at radius 2 is 1.69 bits per heavy atom. The highest BCUT2D eigenvalue weighted by Crippen LogP contribution is 2.69. The van der Waals surface area contributed by atoms with E-state index < -0.39 is 30.7 Å². The molecule has 0 aromatic heterocycles. The van der Waals surface area contributed by atoms with Crippen molar-refractivity contribution in [1.82, 2.24) is 5.32 Å². The number of carbonyl (C=O) groups is 1. The Bertz CT molecular complexity index is 841. The van der Waals surface area contributed by atoms with Gasteiger partial charge in [0.25, 0.3) is 0 Å². The zero-order chi connectivity index (χ0) is 26.0. The molecule has 0 aromatic rings. The monoisotopic (exact) mass is 509 g/mol. The second-order valence-electron chi connectivity index (χ2n) is 13.0. The Kier molecular flexibility index (Phi) is 7.04. The normalized spacial score (nSPS) is 54.8. The molecule has 36 heavy (non-hydrogen) atoms. The zero-order valence-electron chi connectivity index (χ0n) is 22.6. The van der Waals surface area contributed by atoms with Gasteiger partial charge in [0.1, 0.15) is 18.3 Å². The molecular weight excluding hydrogens is 462 g/mol.